The number of halogens is 1. The summed E-state index contributed by atoms with van der Waals surface area (Å²) in [6.07, 6.45) is 0. The third kappa shape index (κ3) is 3.51. The third-order valence-corrected chi connectivity index (χ3v) is 5.90. The summed E-state index contributed by atoms with van der Waals surface area (Å²) in [7, 11) is -3.92. The van der Waals surface area contributed by atoms with Gasteiger partial charge in [0.1, 0.15) is 16.9 Å². The zero-order valence-corrected chi connectivity index (χ0v) is 14.1. The number of hydrogen-bond acceptors (Lipinski definition) is 4. The summed E-state index contributed by atoms with van der Waals surface area (Å²) in [6, 6.07) is 15.1. The van der Waals surface area contributed by atoms with Crippen molar-refractivity contribution in [3.8, 4) is 0 Å². The van der Waals surface area contributed by atoms with Crippen molar-refractivity contribution in [2.45, 2.75) is 17.1 Å². The number of hydrogen-bond donors (Lipinski definition) is 1. The molecular weight excluding hydrogens is 343 g/mol. The van der Waals surface area contributed by atoms with E-state index in [0.29, 0.717) is 5.52 Å². The fourth-order valence-corrected chi connectivity index (χ4v) is 3.60. The van der Waals surface area contributed by atoms with Gasteiger partial charge in [-0.1, -0.05) is 18.2 Å². The van der Waals surface area contributed by atoms with Gasteiger partial charge < -0.3 is 5.32 Å². The Balaban J connectivity index is 1.82. The lowest BCUT2D eigenvalue weighted by Crippen LogP contribution is -2.32. The number of aromatic nitrogens is 1. The Kier molecular flexibility index (Phi) is 4.50. The van der Waals surface area contributed by atoms with Crippen LogP contribution in [0.15, 0.2) is 65.6 Å². The monoisotopic (exact) mass is 358 g/mol. The minimum atomic E-state index is -3.92. The number of pyridine rings is 1. The Morgan fingerprint density at radius 3 is 2.44 bits per heavy atom. The number of para-hydroxylation sites is 1. The SMILES string of the molecule is CC(C(=O)Nc1ccc2ccccc2n1)S(=O)(=O)c1ccc(F)cc1. The summed E-state index contributed by atoms with van der Waals surface area (Å²) in [4.78, 5) is 16.5. The highest BCUT2D eigenvalue weighted by Crippen LogP contribution is 2.19. The van der Waals surface area contributed by atoms with Crippen LogP contribution in [-0.2, 0) is 14.6 Å². The highest BCUT2D eigenvalue weighted by atomic mass is 32.2. The molecule has 0 aliphatic heterocycles. The number of nitrogens with one attached hydrogen (secondary N) is 1. The summed E-state index contributed by atoms with van der Waals surface area (Å²) in [5, 5.41) is 2.09. The van der Waals surface area contributed by atoms with E-state index in [-0.39, 0.29) is 10.7 Å². The predicted octanol–water partition coefficient (Wildman–Crippen LogP) is 3.17. The lowest BCUT2D eigenvalue weighted by atomic mass is 10.2. The van der Waals surface area contributed by atoms with Crippen molar-refractivity contribution < 1.29 is 17.6 Å². The molecule has 25 heavy (non-hydrogen) atoms. The molecule has 0 saturated heterocycles. The molecule has 1 atom stereocenters. The lowest BCUT2D eigenvalue weighted by Gasteiger charge is -2.13. The molecule has 1 amide bonds. The Morgan fingerprint density at radius 2 is 1.72 bits per heavy atom. The van der Waals surface area contributed by atoms with Gasteiger partial charge >= 0.3 is 0 Å². The maximum atomic E-state index is 13.0. The van der Waals surface area contributed by atoms with Gasteiger partial charge in [0.25, 0.3) is 0 Å². The molecule has 1 unspecified atom stereocenters. The van der Waals surface area contributed by atoms with E-state index in [4.69, 9.17) is 0 Å². The number of rotatable bonds is 4. The topological polar surface area (TPSA) is 76.1 Å². The van der Waals surface area contributed by atoms with Gasteiger partial charge in [0.15, 0.2) is 9.84 Å². The van der Waals surface area contributed by atoms with Gasteiger partial charge in [0.05, 0.1) is 10.4 Å². The summed E-state index contributed by atoms with van der Waals surface area (Å²) in [5.74, 6) is -0.978. The van der Waals surface area contributed by atoms with Crippen molar-refractivity contribution in [2.24, 2.45) is 0 Å². The van der Waals surface area contributed by atoms with E-state index in [9.17, 15) is 17.6 Å². The standard InChI is InChI=1S/C18H15FN2O3S/c1-12(25(23,24)15-9-7-14(19)8-10-15)18(22)21-17-11-6-13-4-2-3-5-16(13)20-17/h2-12H,1H3,(H,20,21,22). The van der Waals surface area contributed by atoms with E-state index in [1.54, 1.807) is 18.2 Å². The lowest BCUT2D eigenvalue weighted by molar-refractivity contribution is -0.115. The third-order valence-electron chi connectivity index (χ3n) is 3.83. The molecule has 7 heteroatoms. The molecule has 1 heterocycles. The van der Waals surface area contributed by atoms with E-state index in [0.717, 1.165) is 29.7 Å². The maximum absolute atomic E-state index is 13.0. The predicted molar refractivity (Wildman–Crippen MR) is 93.4 cm³/mol. The van der Waals surface area contributed by atoms with Crippen LogP contribution in [0.1, 0.15) is 6.92 Å². The van der Waals surface area contributed by atoms with Crippen LogP contribution in [0.5, 0.6) is 0 Å². The fourth-order valence-electron chi connectivity index (χ4n) is 2.33. The number of nitrogens with zero attached hydrogens (tertiary/aromatic N) is 1. The van der Waals surface area contributed by atoms with Gasteiger partial charge in [-0.05, 0) is 49.4 Å². The van der Waals surface area contributed by atoms with E-state index in [2.05, 4.69) is 10.3 Å². The quantitative estimate of drug-likeness (QED) is 0.727. The molecule has 2 aromatic carbocycles. The average molecular weight is 358 g/mol. The van der Waals surface area contributed by atoms with Gasteiger partial charge in [-0.2, -0.15) is 0 Å². The normalized spacial score (nSPS) is 12.7. The first-order valence-corrected chi connectivity index (χ1v) is 9.09. The molecule has 0 saturated carbocycles. The van der Waals surface area contributed by atoms with Crippen molar-refractivity contribution in [1.29, 1.82) is 0 Å². The second-order valence-corrected chi connectivity index (χ2v) is 7.79. The molecule has 0 fully saturated rings. The summed E-state index contributed by atoms with van der Waals surface area (Å²) in [5.41, 5.74) is 0.689. The molecule has 0 spiro atoms. The first-order valence-electron chi connectivity index (χ1n) is 7.54. The minimum absolute atomic E-state index is 0.108. The van der Waals surface area contributed by atoms with E-state index in [1.807, 2.05) is 18.2 Å². The van der Waals surface area contributed by atoms with Gasteiger partial charge in [-0.15, -0.1) is 0 Å². The van der Waals surface area contributed by atoms with Crippen molar-refractivity contribution >= 4 is 32.5 Å². The zero-order valence-electron chi connectivity index (χ0n) is 13.3. The molecule has 0 bridgehead atoms. The highest BCUT2D eigenvalue weighted by molar-refractivity contribution is 7.92. The molecule has 5 nitrogen and oxygen atoms in total. The summed E-state index contributed by atoms with van der Waals surface area (Å²) < 4.78 is 37.9. The number of anilines is 1. The van der Waals surface area contributed by atoms with E-state index >= 15 is 0 Å². The largest absolute Gasteiger partial charge is 0.310 e. The number of amides is 1. The molecular formula is C18H15FN2O3S. The molecule has 0 aliphatic rings. The number of sulfone groups is 1. The molecule has 1 aromatic heterocycles. The van der Waals surface area contributed by atoms with Crippen LogP contribution in [0.25, 0.3) is 10.9 Å². The van der Waals surface area contributed by atoms with Crippen molar-refractivity contribution in [1.82, 2.24) is 4.98 Å². The fraction of sp³-hybridized carbons (Fsp3) is 0.111. The van der Waals surface area contributed by atoms with Gasteiger partial charge in [0, 0.05) is 5.39 Å². The van der Waals surface area contributed by atoms with Crippen LogP contribution < -0.4 is 5.32 Å². The van der Waals surface area contributed by atoms with E-state index in [1.165, 1.54) is 6.92 Å². The van der Waals surface area contributed by atoms with Crippen LogP contribution in [0.4, 0.5) is 10.2 Å². The van der Waals surface area contributed by atoms with Gasteiger partial charge in [-0.3, -0.25) is 4.79 Å². The Labute approximate surface area is 144 Å². The molecule has 0 radical (unpaired) electrons. The number of carbonyl (C=O) groups is 1. The number of benzene rings is 2. The second kappa shape index (κ2) is 6.60. The first-order chi connectivity index (χ1) is 11.9. The second-order valence-electron chi connectivity index (χ2n) is 5.52. The van der Waals surface area contributed by atoms with Crippen LogP contribution in [0.2, 0.25) is 0 Å². The molecule has 1 N–H and O–H groups in total. The average Bonchev–Trinajstić information content (AvgIpc) is 2.61. The summed E-state index contributed by atoms with van der Waals surface area (Å²) >= 11 is 0. The molecule has 0 aliphatic carbocycles. The van der Waals surface area contributed by atoms with Crippen molar-refractivity contribution in [3.63, 3.8) is 0 Å². The molecule has 3 rings (SSSR count). The van der Waals surface area contributed by atoms with Crippen LogP contribution >= 0.6 is 0 Å². The van der Waals surface area contributed by atoms with Crippen LogP contribution in [-0.4, -0.2) is 24.6 Å². The zero-order chi connectivity index (χ0) is 18.0. The number of carbonyl (C=O) groups excluding carboxylic acids is 1. The highest BCUT2D eigenvalue weighted by Gasteiger charge is 2.30. The van der Waals surface area contributed by atoms with Crippen LogP contribution in [0, 0.1) is 5.82 Å². The van der Waals surface area contributed by atoms with E-state index < -0.39 is 26.8 Å². The first kappa shape index (κ1) is 17.0. The summed E-state index contributed by atoms with van der Waals surface area (Å²) in [6.45, 7) is 1.29. The molecule has 3 aromatic rings. The van der Waals surface area contributed by atoms with Crippen LogP contribution in [0.3, 0.4) is 0 Å². The molecule has 128 valence electrons. The Hall–Kier alpha value is -2.80. The maximum Gasteiger partial charge on any atom is 0.243 e. The Bertz CT molecular complexity index is 1030. The smallest absolute Gasteiger partial charge is 0.243 e. The van der Waals surface area contributed by atoms with Crippen molar-refractivity contribution in [3.05, 3.63) is 66.5 Å². The van der Waals surface area contributed by atoms with Crippen molar-refractivity contribution in [2.75, 3.05) is 5.32 Å². The number of fused-ring (bicyclic) bond motifs is 1. The minimum Gasteiger partial charge on any atom is -0.310 e. The van der Waals surface area contributed by atoms with Gasteiger partial charge in [-0.25, -0.2) is 17.8 Å². The Morgan fingerprint density at radius 1 is 1.04 bits per heavy atom. The van der Waals surface area contributed by atoms with Gasteiger partial charge in [0.2, 0.25) is 5.91 Å².